The minimum Gasteiger partial charge on any atom is -0.340 e. The molecule has 2 aromatic rings. The van der Waals surface area contributed by atoms with E-state index < -0.39 is 9.84 Å². The summed E-state index contributed by atoms with van der Waals surface area (Å²) in [5.74, 6) is 2.04. The average molecular weight is 375 g/mol. The summed E-state index contributed by atoms with van der Waals surface area (Å²) in [4.78, 5) is 10.8. The van der Waals surface area contributed by atoms with Crippen LogP contribution in [-0.2, 0) is 9.84 Å². The second-order valence-electron chi connectivity index (χ2n) is 7.23. The number of para-hydroxylation sites is 1. The van der Waals surface area contributed by atoms with E-state index in [9.17, 15) is 8.42 Å². The van der Waals surface area contributed by atoms with Gasteiger partial charge in [0.1, 0.15) is 5.82 Å². The number of aromatic nitrogens is 2. The number of nitrogens with zero attached hydrogens (tertiary/aromatic N) is 3. The summed E-state index contributed by atoms with van der Waals surface area (Å²) in [7, 11) is -1.08. The minimum absolute atomic E-state index is 0.0695. The summed E-state index contributed by atoms with van der Waals surface area (Å²) >= 11 is 0. The Balaban J connectivity index is 1.85. The van der Waals surface area contributed by atoms with E-state index in [-0.39, 0.29) is 17.5 Å². The summed E-state index contributed by atoms with van der Waals surface area (Å²) in [6.07, 6.45) is 2.33. The van der Waals surface area contributed by atoms with E-state index in [0.29, 0.717) is 24.1 Å². The lowest BCUT2D eigenvalue weighted by molar-refractivity contribution is 0.600. The standard InChI is InChI=1S/C19H26N4O2S/c1-13(2)16-7-5-6-14(3)18(16)21-17-8-10-20-19(22-17)23(4)15-9-11-26(24,25)12-15/h5-8,10,13,15H,9,11-12H2,1-4H3,(H,20,21,22). The van der Waals surface area contributed by atoms with Gasteiger partial charge in [0.2, 0.25) is 5.95 Å². The van der Waals surface area contributed by atoms with Crippen LogP contribution in [0.1, 0.15) is 37.3 Å². The molecule has 7 heteroatoms. The normalized spacial score (nSPS) is 18.9. The van der Waals surface area contributed by atoms with Gasteiger partial charge in [-0.25, -0.2) is 13.4 Å². The minimum atomic E-state index is -2.94. The maximum Gasteiger partial charge on any atom is 0.227 e. The molecule has 0 saturated carbocycles. The van der Waals surface area contributed by atoms with Gasteiger partial charge >= 0.3 is 0 Å². The number of hydrogen-bond acceptors (Lipinski definition) is 6. The SMILES string of the molecule is Cc1cccc(C(C)C)c1Nc1ccnc(N(C)C2CCS(=O)(=O)C2)n1. The van der Waals surface area contributed by atoms with Crippen molar-refractivity contribution in [2.45, 2.75) is 39.2 Å². The van der Waals surface area contributed by atoms with Crippen LogP contribution >= 0.6 is 0 Å². The third-order valence-corrected chi connectivity index (χ3v) is 6.64. The van der Waals surface area contributed by atoms with E-state index in [1.165, 1.54) is 5.56 Å². The lowest BCUT2D eigenvalue weighted by Crippen LogP contribution is -2.33. The first kappa shape index (κ1) is 18.6. The molecule has 1 aromatic carbocycles. The van der Waals surface area contributed by atoms with Crippen LogP contribution in [0.3, 0.4) is 0 Å². The van der Waals surface area contributed by atoms with Gasteiger partial charge in [0.25, 0.3) is 0 Å². The van der Waals surface area contributed by atoms with Crippen molar-refractivity contribution in [1.29, 1.82) is 0 Å². The molecule has 140 valence electrons. The van der Waals surface area contributed by atoms with Crippen LogP contribution in [0.15, 0.2) is 30.5 Å². The van der Waals surface area contributed by atoms with Gasteiger partial charge in [0.05, 0.1) is 11.5 Å². The summed E-state index contributed by atoms with van der Waals surface area (Å²) < 4.78 is 23.5. The Morgan fingerprint density at radius 3 is 2.69 bits per heavy atom. The maximum atomic E-state index is 11.7. The van der Waals surface area contributed by atoms with Crippen molar-refractivity contribution in [2.75, 3.05) is 28.8 Å². The number of sulfone groups is 1. The molecule has 1 fully saturated rings. The first-order chi connectivity index (χ1) is 12.3. The van der Waals surface area contributed by atoms with Gasteiger partial charge < -0.3 is 10.2 Å². The zero-order valence-electron chi connectivity index (χ0n) is 15.7. The second kappa shape index (κ2) is 7.23. The van der Waals surface area contributed by atoms with E-state index in [0.717, 1.165) is 11.3 Å². The number of aryl methyl sites for hydroxylation is 1. The molecule has 1 unspecified atom stereocenters. The largest absolute Gasteiger partial charge is 0.340 e. The molecule has 1 saturated heterocycles. The van der Waals surface area contributed by atoms with Gasteiger partial charge in [-0.15, -0.1) is 0 Å². The van der Waals surface area contributed by atoms with Crippen molar-refractivity contribution in [2.24, 2.45) is 0 Å². The van der Waals surface area contributed by atoms with Crippen molar-refractivity contribution in [3.63, 3.8) is 0 Å². The van der Waals surface area contributed by atoms with Gasteiger partial charge in [-0.3, -0.25) is 0 Å². The predicted octanol–water partition coefficient (Wildman–Crippen LogP) is 3.28. The highest BCUT2D eigenvalue weighted by molar-refractivity contribution is 7.91. The number of anilines is 3. The second-order valence-corrected chi connectivity index (χ2v) is 9.46. The number of hydrogen-bond donors (Lipinski definition) is 1. The van der Waals surface area contributed by atoms with Crippen LogP contribution in [0.4, 0.5) is 17.5 Å². The van der Waals surface area contributed by atoms with Crippen LogP contribution in [0.25, 0.3) is 0 Å². The number of benzene rings is 1. The van der Waals surface area contributed by atoms with Crippen LogP contribution in [0, 0.1) is 6.92 Å². The van der Waals surface area contributed by atoms with Gasteiger partial charge in [-0.2, -0.15) is 4.98 Å². The molecule has 3 rings (SSSR count). The Morgan fingerprint density at radius 2 is 2.04 bits per heavy atom. The molecule has 0 bridgehead atoms. The van der Waals surface area contributed by atoms with Crippen LogP contribution < -0.4 is 10.2 Å². The fraction of sp³-hybridized carbons (Fsp3) is 0.474. The van der Waals surface area contributed by atoms with Crippen molar-refractivity contribution in [3.8, 4) is 0 Å². The Labute approximate surface area is 155 Å². The molecule has 1 aliphatic rings. The van der Waals surface area contributed by atoms with Crippen LogP contribution in [0.2, 0.25) is 0 Å². The Bertz CT molecular complexity index is 896. The first-order valence-electron chi connectivity index (χ1n) is 8.89. The summed E-state index contributed by atoms with van der Waals surface area (Å²) in [6.45, 7) is 6.41. The van der Waals surface area contributed by atoms with Crippen molar-refractivity contribution >= 4 is 27.3 Å². The van der Waals surface area contributed by atoms with Crippen molar-refractivity contribution < 1.29 is 8.42 Å². The van der Waals surface area contributed by atoms with Crippen LogP contribution in [0.5, 0.6) is 0 Å². The molecule has 1 N–H and O–H groups in total. The van der Waals surface area contributed by atoms with Gasteiger partial charge in [0.15, 0.2) is 9.84 Å². The molecule has 6 nitrogen and oxygen atoms in total. The molecular weight excluding hydrogens is 348 g/mol. The Kier molecular flexibility index (Phi) is 5.18. The first-order valence-corrected chi connectivity index (χ1v) is 10.7. The number of rotatable bonds is 5. The third kappa shape index (κ3) is 3.98. The van der Waals surface area contributed by atoms with Gasteiger partial charge in [-0.05, 0) is 36.5 Å². The predicted molar refractivity (Wildman–Crippen MR) is 106 cm³/mol. The molecule has 1 aromatic heterocycles. The average Bonchev–Trinajstić information content (AvgIpc) is 2.96. The molecule has 2 heterocycles. The van der Waals surface area contributed by atoms with E-state index in [4.69, 9.17) is 0 Å². The summed E-state index contributed by atoms with van der Waals surface area (Å²) in [5, 5.41) is 3.43. The highest BCUT2D eigenvalue weighted by Crippen LogP contribution is 2.30. The molecule has 1 aliphatic heterocycles. The molecular formula is C19H26N4O2S. The smallest absolute Gasteiger partial charge is 0.227 e. The monoisotopic (exact) mass is 374 g/mol. The fourth-order valence-corrected chi connectivity index (χ4v) is 5.08. The molecule has 0 aliphatic carbocycles. The Hall–Kier alpha value is -2.15. The quantitative estimate of drug-likeness (QED) is 0.866. The zero-order chi connectivity index (χ0) is 18.9. The van der Waals surface area contributed by atoms with Crippen LogP contribution in [-0.4, -0.2) is 43.0 Å². The van der Waals surface area contributed by atoms with Gasteiger partial charge in [-0.1, -0.05) is 32.0 Å². The molecule has 0 amide bonds. The molecule has 26 heavy (non-hydrogen) atoms. The van der Waals surface area contributed by atoms with Gasteiger partial charge in [0, 0.05) is 25.0 Å². The van der Waals surface area contributed by atoms with E-state index in [2.05, 4.69) is 54.3 Å². The lowest BCUT2D eigenvalue weighted by Gasteiger charge is -2.24. The molecule has 0 spiro atoms. The van der Waals surface area contributed by atoms with Crippen molar-refractivity contribution in [1.82, 2.24) is 9.97 Å². The fourth-order valence-electron chi connectivity index (χ4n) is 3.30. The van der Waals surface area contributed by atoms with Crippen molar-refractivity contribution in [3.05, 3.63) is 41.6 Å². The number of nitrogens with one attached hydrogen (secondary N) is 1. The summed E-state index contributed by atoms with van der Waals surface area (Å²) in [5.41, 5.74) is 3.46. The molecule has 1 atom stereocenters. The zero-order valence-corrected chi connectivity index (χ0v) is 16.5. The molecule has 0 radical (unpaired) electrons. The van der Waals surface area contributed by atoms with E-state index >= 15 is 0 Å². The Morgan fingerprint density at radius 1 is 1.27 bits per heavy atom. The highest BCUT2D eigenvalue weighted by atomic mass is 32.2. The highest BCUT2D eigenvalue weighted by Gasteiger charge is 2.31. The van der Waals surface area contributed by atoms with E-state index in [1.54, 1.807) is 6.20 Å². The maximum absolute atomic E-state index is 11.7. The summed E-state index contributed by atoms with van der Waals surface area (Å²) in [6, 6.07) is 8.03. The topological polar surface area (TPSA) is 75.2 Å². The third-order valence-electron chi connectivity index (χ3n) is 4.89. The lowest BCUT2D eigenvalue weighted by atomic mass is 9.98. The van der Waals surface area contributed by atoms with E-state index in [1.807, 2.05) is 18.0 Å².